The molecule has 4 rings (SSSR count). The molecule has 158 valence electrons. The van der Waals surface area contributed by atoms with Crippen molar-refractivity contribution in [3.63, 3.8) is 0 Å². The van der Waals surface area contributed by atoms with Gasteiger partial charge in [0.1, 0.15) is 0 Å². The summed E-state index contributed by atoms with van der Waals surface area (Å²) >= 11 is 6.09. The number of allylic oxidation sites excluding steroid dienone is 1. The standard InChI is InChI=1S/C22H24ClN3O3S/c1-13-3-6-19(20(27)7-13)26-9-15-10-30(11-17(15)21(26)28)12-24-22(29)25-16-5-4-14(2)18(23)8-16/h4-5,8,10,19H,1,3,6-7,9,11-12H2,2H3,(H2,24,25,29). The van der Waals surface area contributed by atoms with Gasteiger partial charge >= 0.3 is 6.03 Å². The first-order valence-electron chi connectivity index (χ1n) is 9.86. The van der Waals surface area contributed by atoms with Gasteiger partial charge in [-0.2, -0.15) is 10.5 Å². The van der Waals surface area contributed by atoms with E-state index in [0.29, 0.717) is 41.7 Å². The number of benzene rings is 1. The Bertz CT molecular complexity index is 1030. The van der Waals surface area contributed by atoms with E-state index in [1.807, 2.05) is 13.0 Å². The van der Waals surface area contributed by atoms with Gasteiger partial charge in [-0.05, 0) is 48.4 Å². The largest absolute Gasteiger partial charge is 0.329 e. The molecule has 2 heterocycles. The summed E-state index contributed by atoms with van der Waals surface area (Å²) in [6.07, 6.45) is 1.84. The molecule has 0 aromatic heterocycles. The molecular formula is C22H24ClN3O3S. The number of Topliss-reactive ketones (excluding diaryl/α,β-unsaturated/α-hetero) is 1. The minimum Gasteiger partial charge on any atom is -0.329 e. The van der Waals surface area contributed by atoms with E-state index >= 15 is 0 Å². The number of aryl methyl sites for hydroxylation is 1. The van der Waals surface area contributed by atoms with Crippen LogP contribution in [0.15, 0.2) is 41.5 Å². The molecule has 0 bridgehead atoms. The highest BCUT2D eigenvalue weighted by Crippen LogP contribution is 2.35. The van der Waals surface area contributed by atoms with Crippen molar-refractivity contribution < 1.29 is 14.4 Å². The van der Waals surface area contributed by atoms with E-state index in [0.717, 1.165) is 28.7 Å². The number of nitrogens with one attached hydrogen (secondary N) is 2. The maximum absolute atomic E-state index is 12.9. The lowest BCUT2D eigenvalue weighted by atomic mass is 9.89. The number of anilines is 1. The minimum absolute atomic E-state index is 0.0270. The number of hydrogen-bond acceptors (Lipinski definition) is 3. The Hall–Kier alpha value is -2.38. The third-order valence-corrected chi connectivity index (χ3v) is 7.88. The van der Waals surface area contributed by atoms with E-state index in [1.54, 1.807) is 17.0 Å². The lowest BCUT2D eigenvalue weighted by molar-refractivity contribution is -0.135. The fourth-order valence-corrected chi connectivity index (χ4v) is 6.05. The first kappa shape index (κ1) is 20.9. The SMILES string of the molecule is C=C1CCC(N2CC3=C(CS(CNC(=O)Nc4ccc(C)c(Cl)c4)=C3)C2=O)C(=O)C1. The number of hydrogen-bond donors (Lipinski definition) is 2. The van der Waals surface area contributed by atoms with Gasteiger partial charge in [0.05, 0.1) is 11.9 Å². The summed E-state index contributed by atoms with van der Waals surface area (Å²) < 4.78 is 0. The quantitative estimate of drug-likeness (QED) is 0.548. The van der Waals surface area contributed by atoms with Gasteiger partial charge in [-0.25, -0.2) is 4.79 Å². The Kier molecular flexibility index (Phi) is 5.84. The van der Waals surface area contributed by atoms with Gasteiger partial charge in [-0.1, -0.05) is 29.8 Å². The van der Waals surface area contributed by atoms with Gasteiger partial charge in [0.2, 0.25) is 0 Å². The van der Waals surface area contributed by atoms with Crippen molar-refractivity contribution in [2.45, 2.75) is 32.2 Å². The van der Waals surface area contributed by atoms with Gasteiger partial charge in [-0.3, -0.25) is 9.59 Å². The molecular weight excluding hydrogens is 422 g/mol. The predicted octanol–water partition coefficient (Wildman–Crippen LogP) is 3.63. The Labute approximate surface area is 183 Å². The Balaban J connectivity index is 1.31. The van der Waals surface area contributed by atoms with Crippen LogP contribution in [0.3, 0.4) is 0 Å². The summed E-state index contributed by atoms with van der Waals surface area (Å²) in [4.78, 5) is 39.1. The summed E-state index contributed by atoms with van der Waals surface area (Å²) in [5.74, 6) is 1.15. The molecule has 2 N–H and O–H groups in total. The normalized spacial score (nSPS) is 23.5. The minimum atomic E-state index is -0.325. The fourth-order valence-electron chi connectivity index (χ4n) is 3.99. The van der Waals surface area contributed by atoms with Crippen molar-refractivity contribution in [1.29, 1.82) is 0 Å². The van der Waals surface area contributed by atoms with Gasteiger partial charge in [-0.15, -0.1) is 0 Å². The number of urea groups is 1. The lowest BCUT2D eigenvalue weighted by Gasteiger charge is -2.31. The number of carbonyl (C=O) groups excluding carboxylic acids is 3. The second kappa shape index (κ2) is 8.40. The Morgan fingerprint density at radius 2 is 2.17 bits per heavy atom. The summed E-state index contributed by atoms with van der Waals surface area (Å²) in [5, 5.41) is 8.33. The van der Waals surface area contributed by atoms with E-state index in [9.17, 15) is 14.4 Å². The molecule has 1 aromatic rings. The number of halogens is 1. The molecule has 0 saturated heterocycles. The number of carbonyl (C=O) groups is 3. The Morgan fingerprint density at radius 3 is 2.87 bits per heavy atom. The highest BCUT2D eigenvalue weighted by Gasteiger charge is 2.40. The van der Waals surface area contributed by atoms with Crippen LogP contribution in [0.2, 0.25) is 5.02 Å². The van der Waals surface area contributed by atoms with Crippen LogP contribution in [-0.4, -0.2) is 52.2 Å². The molecule has 8 heteroatoms. The monoisotopic (exact) mass is 445 g/mol. The molecule has 1 fully saturated rings. The maximum atomic E-state index is 12.9. The molecule has 3 aliphatic rings. The van der Waals surface area contributed by atoms with Crippen molar-refractivity contribution in [1.82, 2.24) is 10.2 Å². The molecule has 1 aliphatic carbocycles. The highest BCUT2D eigenvalue weighted by atomic mass is 35.5. The van der Waals surface area contributed by atoms with E-state index in [1.165, 1.54) is 0 Å². The molecule has 1 aromatic carbocycles. The zero-order chi connectivity index (χ0) is 21.4. The van der Waals surface area contributed by atoms with Gasteiger partial charge in [0, 0.05) is 35.0 Å². The average molecular weight is 446 g/mol. The fraction of sp³-hybridized carbons (Fsp3) is 0.364. The van der Waals surface area contributed by atoms with Crippen molar-refractivity contribution in [2.24, 2.45) is 0 Å². The van der Waals surface area contributed by atoms with E-state index in [2.05, 4.69) is 22.6 Å². The third-order valence-electron chi connectivity index (χ3n) is 5.68. The number of ketones is 1. The summed E-state index contributed by atoms with van der Waals surface area (Å²) in [5.41, 5.74) is 4.34. The van der Waals surface area contributed by atoms with E-state index in [4.69, 9.17) is 11.6 Å². The molecule has 30 heavy (non-hydrogen) atoms. The summed E-state index contributed by atoms with van der Waals surface area (Å²) in [6, 6.07) is 4.74. The summed E-state index contributed by atoms with van der Waals surface area (Å²) in [6.45, 7) is 6.29. The van der Waals surface area contributed by atoms with Crippen LogP contribution in [0.1, 0.15) is 24.8 Å². The van der Waals surface area contributed by atoms with Crippen LogP contribution in [0, 0.1) is 6.92 Å². The van der Waals surface area contributed by atoms with Crippen LogP contribution < -0.4 is 10.6 Å². The number of rotatable bonds is 4. The smallest absolute Gasteiger partial charge is 0.319 e. The van der Waals surface area contributed by atoms with Crippen molar-refractivity contribution in [3.8, 4) is 0 Å². The molecule has 2 atom stereocenters. The first-order valence-corrected chi connectivity index (χ1v) is 11.9. The maximum Gasteiger partial charge on any atom is 0.319 e. The van der Waals surface area contributed by atoms with Crippen LogP contribution in [0.5, 0.6) is 0 Å². The molecule has 1 saturated carbocycles. The molecule has 2 aliphatic heterocycles. The highest BCUT2D eigenvalue weighted by molar-refractivity contribution is 8.15. The molecule has 0 spiro atoms. The van der Waals surface area contributed by atoms with Gasteiger partial charge in [0.15, 0.2) is 5.78 Å². The average Bonchev–Trinajstić information content (AvgIpc) is 3.22. The zero-order valence-electron chi connectivity index (χ0n) is 16.8. The molecule has 0 radical (unpaired) electrons. The second-order valence-electron chi connectivity index (χ2n) is 7.92. The zero-order valence-corrected chi connectivity index (χ0v) is 18.4. The molecule has 6 nitrogen and oxygen atoms in total. The predicted molar refractivity (Wildman–Crippen MR) is 122 cm³/mol. The molecule has 2 unspecified atom stereocenters. The van der Waals surface area contributed by atoms with Crippen LogP contribution in [0.25, 0.3) is 0 Å². The van der Waals surface area contributed by atoms with Crippen molar-refractivity contribution in [2.75, 3.05) is 23.5 Å². The van der Waals surface area contributed by atoms with E-state index < -0.39 is 0 Å². The Morgan fingerprint density at radius 1 is 1.37 bits per heavy atom. The number of nitrogens with zero attached hydrogens (tertiary/aromatic N) is 1. The second-order valence-corrected chi connectivity index (χ2v) is 10.2. The van der Waals surface area contributed by atoms with Gasteiger partial charge in [0.25, 0.3) is 5.91 Å². The topological polar surface area (TPSA) is 78.5 Å². The van der Waals surface area contributed by atoms with Gasteiger partial charge < -0.3 is 15.5 Å². The van der Waals surface area contributed by atoms with Crippen molar-refractivity contribution >= 4 is 50.9 Å². The summed E-state index contributed by atoms with van der Waals surface area (Å²) in [7, 11) is -0.221. The first-order chi connectivity index (χ1) is 14.3. The van der Waals surface area contributed by atoms with Crippen LogP contribution in [0.4, 0.5) is 10.5 Å². The van der Waals surface area contributed by atoms with Crippen LogP contribution >= 0.6 is 22.1 Å². The molecule has 3 amide bonds. The van der Waals surface area contributed by atoms with Crippen molar-refractivity contribution in [3.05, 3.63) is 52.1 Å². The van der Waals surface area contributed by atoms with Crippen LogP contribution in [-0.2, 0) is 9.59 Å². The third kappa shape index (κ3) is 4.23. The van der Waals surface area contributed by atoms with E-state index in [-0.39, 0.29) is 34.2 Å². The number of amides is 3. The lowest BCUT2D eigenvalue weighted by Crippen LogP contribution is -2.45.